The molecular formula is C22H19BrN2O3. The quantitative estimate of drug-likeness (QED) is 0.514. The smallest absolute Gasteiger partial charge is 0.262 e. The lowest BCUT2D eigenvalue weighted by Gasteiger charge is -2.11. The molecule has 0 saturated carbocycles. The normalized spacial score (nSPS) is 10.6. The predicted molar refractivity (Wildman–Crippen MR) is 115 cm³/mol. The number of hydrogen-bond donors (Lipinski definition) is 1. The molecule has 3 aromatic carbocycles. The van der Waals surface area contributed by atoms with Crippen molar-refractivity contribution in [3.8, 4) is 11.5 Å². The summed E-state index contributed by atoms with van der Waals surface area (Å²) < 4.78 is 12.0. The maximum absolute atomic E-state index is 12.0. The monoisotopic (exact) mass is 438 g/mol. The van der Waals surface area contributed by atoms with E-state index in [1.54, 1.807) is 19.4 Å². The van der Waals surface area contributed by atoms with Crippen LogP contribution >= 0.6 is 15.9 Å². The van der Waals surface area contributed by atoms with Crippen LogP contribution in [0.4, 0.5) is 11.4 Å². The molecule has 0 fully saturated rings. The van der Waals surface area contributed by atoms with E-state index in [0.29, 0.717) is 11.5 Å². The van der Waals surface area contributed by atoms with E-state index in [0.717, 1.165) is 21.4 Å². The lowest BCUT2D eigenvalue weighted by molar-refractivity contribution is -0.118. The Hall–Kier alpha value is -3.12. The molecule has 0 spiro atoms. The summed E-state index contributed by atoms with van der Waals surface area (Å²) in [7, 11) is 1.56. The number of para-hydroxylation sites is 1. The number of methoxy groups -OCH3 is 1. The second kappa shape index (κ2) is 9.71. The molecule has 0 aliphatic rings. The molecule has 0 saturated heterocycles. The molecule has 6 heteroatoms. The van der Waals surface area contributed by atoms with Gasteiger partial charge < -0.3 is 14.8 Å². The Balaban J connectivity index is 1.62. The molecule has 0 atom stereocenters. The van der Waals surface area contributed by atoms with Crippen molar-refractivity contribution in [1.29, 1.82) is 0 Å². The summed E-state index contributed by atoms with van der Waals surface area (Å²) in [6.45, 7) is -0.114. The van der Waals surface area contributed by atoms with Crippen molar-refractivity contribution in [2.45, 2.75) is 0 Å². The molecule has 1 amide bonds. The third-order valence-electron chi connectivity index (χ3n) is 3.79. The molecule has 1 N–H and O–H groups in total. The fraction of sp³-hybridized carbons (Fsp3) is 0.0909. The summed E-state index contributed by atoms with van der Waals surface area (Å²) >= 11 is 3.40. The first-order valence-electron chi connectivity index (χ1n) is 8.59. The van der Waals surface area contributed by atoms with Crippen molar-refractivity contribution in [2.75, 3.05) is 19.0 Å². The highest BCUT2D eigenvalue weighted by Crippen LogP contribution is 2.28. The summed E-state index contributed by atoms with van der Waals surface area (Å²) in [5.74, 6) is 0.785. The molecule has 3 aromatic rings. The Morgan fingerprint density at radius 1 is 1.04 bits per heavy atom. The van der Waals surface area contributed by atoms with E-state index in [-0.39, 0.29) is 12.5 Å². The standard InChI is InChI=1S/C22H19BrN2O3/c1-27-21-13-16(14-24-18-10-8-17(23)9-11-18)7-12-20(21)28-15-22(26)25-19-5-3-2-4-6-19/h2-14H,15H2,1H3,(H,25,26). The second-order valence-corrected chi connectivity index (χ2v) is 6.76. The van der Waals surface area contributed by atoms with Gasteiger partial charge in [0.25, 0.3) is 5.91 Å². The number of nitrogens with zero attached hydrogens (tertiary/aromatic N) is 1. The average Bonchev–Trinajstić information content (AvgIpc) is 2.73. The number of halogens is 1. The second-order valence-electron chi connectivity index (χ2n) is 5.85. The van der Waals surface area contributed by atoms with Crippen LogP contribution in [0.5, 0.6) is 11.5 Å². The number of carbonyl (C=O) groups excluding carboxylic acids is 1. The first-order valence-corrected chi connectivity index (χ1v) is 9.39. The lowest BCUT2D eigenvalue weighted by Crippen LogP contribution is -2.20. The highest BCUT2D eigenvalue weighted by molar-refractivity contribution is 9.10. The first-order chi connectivity index (χ1) is 13.6. The van der Waals surface area contributed by atoms with Crippen molar-refractivity contribution >= 4 is 39.4 Å². The van der Waals surface area contributed by atoms with E-state index in [1.807, 2.05) is 66.7 Å². The van der Waals surface area contributed by atoms with Gasteiger partial charge in [0.2, 0.25) is 0 Å². The third-order valence-corrected chi connectivity index (χ3v) is 4.32. The number of hydrogen-bond acceptors (Lipinski definition) is 4. The molecule has 142 valence electrons. The Kier molecular flexibility index (Phi) is 6.81. The molecule has 0 bridgehead atoms. The SMILES string of the molecule is COc1cc(C=Nc2ccc(Br)cc2)ccc1OCC(=O)Nc1ccccc1. The summed E-state index contributed by atoms with van der Waals surface area (Å²) in [5.41, 5.74) is 2.43. The zero-order valence-corrected chi connectivity index (χ0v) is 16.8. The zero-order valence-electron chi connectivity index (χ0n) is 15.3. The van der Waals surface area contributed by atoms with Crippen molar-refractivity contribution in [3.63, 3.8) is 0 Å². The van der Waals surface area contributed by atoms with Gasteiger partial charge in [0.05, 0.1) is 12.8 Å². The summed E-state index contributed by atoms with van der Waals surface area (Å²) in [4.78, 5) is 16.5. The van der Waals surface area contributed by atoms with Crippen molar-refractivity contribution in [3.05, 3.63) is 82.8 Å². The largest absolute Gasteiger partial charge is 0.493 e. The number of rotatable bonds is 7. The number of anilines is 1. The van der Waals surface area contributed by atoms with E-state index in [4.69, 9.17) is 9.47 Å². The van der Waals surface area contributed by atoms with Crippen LogP contribution < -0.4 is 14.8 Å². The predicted octanol–water partition coefficient (Wildman–Crippen LogP) is 5.23. The molecule has 0 aliphatic carbocycles. The van der Waals surface area contributed by atoms with Gasteiger partial charge in [-0.2, -0.15) is 0 Å². The van der Waals surface area contributed by atoms with Crippen LogP contribution in [-0.2, 0) is 4.79 Å². The van der Waals surface area contributed by atoms with E-state index in [9.17, 15) is 4.79 Å². The molecule has 5 nitrogen and oxygen atoms in total. The molecule has 28 heavy (non-hydrogen) atoms. The molecule has 0 radical (unpaired) electrons. The third kappa shape index (κ3) is 5.69. The van der Waals surface area contributed by atoms with Crippen LogP contribution in [0.15, 0.2) is 82.3 Å². The fourth-order valence-corrected chi connectivity index (χ4v) is 2.69. The van der Waals surface area contributed by atoms with Crippen molar-refractivity contribution in [2.24, 2.45) is 4.99 Å². The van der Waals surface area contributed by atoms with Crippen LogP contribution in [-0.4, -0.2) is 25.8 Å². The fourth-order valence-electron chi connectivity index (χ4n) is 2.42. The van der Waals surface area contributed by atoms with E-state index in [2.05, 4.69) is 26.2 Å². The zero-order chi connectivity index (χ0) is 19.8. The maximum atomic E-state index is 12.0. The van der Waals surface area contributed by atoms with Crippen LogP contribution in [0.25, 0.3) is 0 Å². The van der Waals surface area contributed by atoms with Crippen molar-refractivity contribution < 1.29 is 14.3 Å². The minimum Gasteiger partial charge on any atom is -0.493 e. The van der Waals surface area contributed by atoms with Gasteiger partial charge in [-0.3, -0.25) is 9.79 Å². The number of benzene rings is 3. The average molecular weight is 439 g/mol. The van der Waals surface area contributed by atoms with Crippen LogP contribution in [0, 0.1) is 0 Å². The molecule has 0 heterocycles. The lowest BCUT2D eigenvalue weighted by atomic mass is 10.2. The summed E-state index contributed by atoms with van der Waals surface area (Å²) in [6, 6.07) is 22.4. The summed E-state index contributed by atoms with van der Waals surface area (Å²) in [6.07, 6.45) is 1.75. The molecule has 3 rings (SSSR count). The molecular weight excluding hydrogens is 420 g/mol. The minimum absolute atomic E-state index is 0.114. The van der Waals surface area contributed by atoms with Crippen molar-refractivity contribution in [1.82, 2.24) is 0 Å². The van der Waals surface area contributed by atoms with E-state index < -0.39 is 0 Å². The van der Waals surface area contributed by atoms with Gasteiger partial charge in [-0.15, -0.1) is 0 Å². The number of nitrogens with one attached hydrogen (secondary N) is 1. The Labute approximate surface area is 172 Å². The van der Waals surface area contributed by atoms with Gasteiger partial charge in [-0.25, -0.2) is 0 Å². The highest BCUT2D eigenvalue weighted by Gasteiger charge is 2.08. The maximum Gasteiger partial charge on any atom is 0.262 e. The number of aliphatic imine (C=N–C) groups is 1. The van der Waals surface area contributed by atoms with Gasteiger partial charge in [0.15, 0.2) is 18.1 Å². The van der Waals surface area contributed by atoms with Gasteiger partial charge in [-0.05, 0) is 60.2 Å². The number of amides is 1. The van der Waals surface area contributed by atoms with Gasteiger partial charge in [0, 0.05) is 16.4 Å². The minimum atomic E-state index is -0.242. The Morgan fingerprint density at radius 2 is 1.79 bits per heavy atom. The van der Waals surface area contributed by atoms with Crippen LogP contribution in [0.2, 0.25) is 0 Å². The van der Waals surface area contributed by atoms with E-state index >= 15 is 0 Å². The Morgan fingerprint density at radius 3 is 2.50 bits per heavy atom. The first kappa shape index (κ1) is 19.6. The number of ether oxygens (including phenoxy) is 2. The van der Waals surface area contributed by atoms with Crippen LogP contribution in [0.3, 0.4) is 0 Å². The van der Waals surface area contributed by atoms with Gasteiger partial charge >= 0.3 is 0 Å². The summed E-state index contributed by atoms with van der Waals surface area (Å²) in [5, 5.41) is 2.77. The van der Waals surface area contributed by atoms with E-state index in [1.165, 1.54) is 0 Å². The molecule has 0 aromatic heterocycles. The molecule has 0 aliphatic heterocycles. The number of carbonyl (C=O) groups is 1. The van der Waals surface area contributed by atoms with Gasteiger partial charge in [-0.1, -0.05) is 34.1 Å². The topological polar surface area (TPSA) is 59.9 Å². The Bertz CT molecular complexity index is 957. The van der Waals surface area contributed by atoms with Crippen LogP contribution in [0.1, 0.15) is 5.56 Å². The molecule has 0 unspecified atom stereocenters. The van der Waals surface area contributed by atoms with Gasteiger partial charge in [0.1, 0.15) is 0 Å². The highest BCUT2D eigenvalue weighted by atomic mass is 79.9.